The third-order valence-corrected chi connectivity index (χ3v) is 2.76. The summed E-state index contributed by atoms with van der Waals surface area (Å²) in [6, 6.07) is 9.46. The second kappa shape index (κ2) is 5.55. The molecule has 3 N–H and O–H groups in total. The van der Waals surface area contributed by atoms with Crippen molar-refractivity contribution in [3.05, 3.63) is 53.3 Å². The molecule has 4 heteroatoms. The van der Waals surface area contributed by atoms with Gasteiger partial charge in [0.1, 0.15) is 0 Å². The van der Waals surface area contributed by atoms with Crippen molar-refractivity contribution >= 4 is 23.0 Å². The van der Waals surface area contributed by atoms with E-state index in [0.29, 0.717) is 10.7 Å². The van der Waals surface area contributed by atoms with Crippen LogP contribution in [-0.4, -0.2) is 11.5 Å². The van der Waals surface area contributed by atoms with Crippen LogP contribution >= 0.6 is 11.6 Å². The third kappa shape index (κ3) is 3.36. The molecule has 0 aliphatic heterocycles. The van der Waals surface area contributed by atoms with E-state index in [2.05, 4.69) is 16.4 Å². The summed E-state index contributed by atoms with van der Waals surface area (Å²) >= 11 is 6.06. The van der Waals surface area contributed by atoms with E-state index in [9.17, 15) is 0 Å². The molecule has 0 amide bonds. The molecule has 0 bridgehead atoms. The number of benzene rings is 1. The number of anilines is 2. The van der Waals surface area contributed by atoms with Crippen LogP contribution in [0.25, 0.3) is 0 Å². The number of pyridine rings is 1. The van der Waals surface area contributed by atoms with Crippen molar-refractivity contribution in [2.75, 3.05) is 17.6 Å². The van der Waals surface area contributed by atoms with Crippen LogP contribution in [0.3, 0.4) is 0 Å². The zero-order valence-corrected chi connectivity index (χ0v) is 10.1. The van der Waals surface area contributed by atoms with Crippen LogP contribution in [0.15, 0.2) is 42.7 Å². The molecule has 0 unspecified atom stereocenters. The Morgan fingerprint density at radius 3 is 2.88 bits per heavy atom. The summed E-state index contributed by atoms with van der Waals surface area (Å²) in [5.41, 5.74) is 8.41. The fourth-order valence-corrected chi connectivity index (χ4v) is 1.82. The van der Waals surface area contributed by atoms with E-state index in [0.717, 1.165) is 18.7 Å². The Kier molecular flexibility index (Phi) is 3.83. The van der Waals surface area contributed by atoms with Crippen LogP contribution in [-0.2, 0) is 6.42 Å². The van der Waals surface area contributed by atoms with Gasteiger partial charge in [0.15, 0.2) is 0 Å². The van der Waals surface area contributed by atoms with E-state index >= 15 is 0 Å². The summed E-state index contributed by atoms with van der Waals surface area (Å²) in [4.78, 5) is 4.07. The standard InChI is InChI=1S/C13H14ClN3/c14-12-8-11(15)3-4-13(12)17-7-5-10-2-1-6-16-9-10/h1-4,6,8-9,17H,5,7,15H2. The highest BCUT2D eigenvalue weighted by Gasteiger charge is 1.99. The Balaban J connectivity index is 1.90. The lowest BCUT2D eigenvalue weighted by Gasteiger charge is -2.08. The summed E-state index contributed by atoms with van der Waals surface area (Å²) in [6.07, 6.45) is 4.55. The zero-order chi connectivity index (χ0) is 12.1. The highest BCUT2D eigenvalue weighted by atomic mass is 35.5. The van der Waals surface area contributed by atoms with Crippen molar-refractivity contribution in [1.82, 2.24) is 4.98 Å². The van der Waals surface area contributed by atoms with Crippen molar-refractivity contribution in [3.63, 3.8) is 0 Å². The first-order chi connectivity index (χ1) is 8.25. The summed E-state index contributed by atoms with van der Waals surface area (Å²) in [7, 11) is 0. The van der Waals surface area contributed by atoms with Gasteiger partial charge in [-0.25, -0.2) is 0 Å². The predicted octanol–water partition coefficient (Wildman–Crippen LogP) is 2.97. The van der Waals surface area contributed by atoms with Crippen LogP contribution in [0.4, 0.5) is 11.4 Å². The molecule has 0 saturated carbocycles. The van der Waals surface area contributed by atoms with Gasteiger partial charge in [-0.1, -0.05) is 17.7 Å². The molecule has 3 nitrogen and oxygen atoms in total. The molecule has 1 heterocycles. The molecular formula is C13H14ClN3. The van der Waals surface area contributed by atoms with Gasteiger partial charge in [0.2, 0.25) is 0 Å². The van der Waals surface area contributed by atoms with Gasteiger partial charge in [0, 0.05) is 24.6 Å². The first-order valence-corrected chi connectivity index (χ1v) is 5.81. The normalized spacial score (nSPS) is 10.2. The molecule has 0 aliphatic carbocycles. The Hall–Kier alpha value is -1.74. The third-order valence-electron chi connectivity index (χ3n) is 2.45. The van der Waals surface area contributed by atoms with Crippen molar-refractivity contribution in [2.24, 2.45) is 0 Å². The van der Waals surface area contributed by atoms with Gasteiger partial charge in [-0.05, 0) is 36.2 Å². The maximum Gasteiger partial charge on any atom is 0.0657 e. The smallest absolute Gasteiger partial charge is 0.0657 e. The van der Waals surface area contributed by atoms with E-state index < -0.39 is 0 Å². The van der Waals surface area contributed by atoms with Crippen molar-refractivity contribution in [3.8, 4) is 0 Å². The minimum absolute atomic E-state index is 0.649. The van der Waals surface area contributed by atoms with E-state index in [4.69, 9.17) is 17.3 Å². The Bertz CT molecular complexity index is 485. The van der Waals surface area contributed by atoms with Gasteiger partial charge >= 0.3 is 0 Å². The lowest BCUT2D eigenvalue weighted by Crippen LogP contribution is -2.05. The Labute approximate surface area is 106 Å². The highest BCUT2D eigenvalue weighted by Crippen LogP contribution is 2.23. The summed E-state index contributed by atoms with van der Waals surface area (Å²) in [6.45, 7) is 0.815. The first-order valence-electron chi connectivity index (χ1n) is 5.43. The topological polar surface area (TPSA) is 50.9 Å². The van der Waals surface area contributed by atoms with Crippen molar-refractivity contribution in [1.29, 1.82) is 0 Å². The number of nitrogen functional groups attached to an aromatic ring is 1. The van der Waals surface area contributed by atoms with Crippen molar-refractivity contribution in [2.45, 2.75) is 6.42 Å². The molecular weight excluding hydrogens is 234 g/mol. The molecule has 2 rings (SSSR count). The monoisotopic (exact) mass is 247 g/mol. The quantitative estimate of drug-likeness (QED) is 0.817. The van der Waals surface area contributed by atoms with Crippen molar-refractivity contribution < 1.29 is 0 Å². The maximum absolute atomic E-state index is 6.06. The number of nitrogens with zero attached hydrogens (tertiary/aromatic N) is 1. The Morgan fingerprint density at radius 2 is 2.18 bits per heavy atom. The molecule has 1 aromatic heterocycles. The lowest BCUT2D eigenvalue weighted by molar-refractivity contribution is 1.01. The number of hydrogen-bond donors (Lipinski definition) is 2. The van der Waals surface area contributed by atoms with Gasteiger partial charge in [-0.15, -0.1) is 0 Å². The molecule has 0 saturated heterocycles. The van der Waals surface area contributed by atoms with Gasteiger partial charge in [-0.2, -0.15) is 0 Å². The molecule has 0 atom stereocenters. The van der Waals surface area contributed by atoms with Crippen LogP contribution in [0.2, 0.25) is 5.02 Å². The minimum Gasteiger partial charge on any atom is -0.399 e. The molecule has 0 radical (unpaired) electrons. The zero-order valence-electron chi connectivity index (χ0n) is 9.36. The molecule has 0 aliphatic rings. The number of hydrogen-bond acceptors (Lipinski definition) is 3. The molecule has 88 valence electrons. The number of aromatic nitrogens is 1. The van der Waals surface area contributed by atoms with Crippen LogP contribution in [0, 0.1) is 0 Å². The SMILES string of the molecule is Nc1ccc(NCCc2cccnc2)c(Cl)c1. The second-order valence-electron chi connectivity index (χ2n) is 3.78. The molecule has 2 aromatic rings. The summed E-state index contributed by atoms with van der Waals surface area (Å²) in [5.74, 6) is 0. The fraction of sp³-hybridized carbons (Fsp3) is 0.154. The van der Waals surface area contributed by atoms with E-state index in [1.807, 2.05) is 24.4 Å². The average Bonchev–Trinajstić information content (AvgIpc) is 2.33. The summed E-state index contributed by atoms with van der Waals surface area (Å²) < 4.78 is 0. The summed E-state index contributed by atoms with van der Waals surface area (Å²) in [5, 5.41) is 3.92. The molecule has 0 spiro atoms. The number of nitrogens with one attached hydrogen (secondary N) is 1. The van der Waals surface area contributed by atoms with Gasteiger partial charge < -0.3 is 11.1 Å². The average molecular weight is 248 g/mol. The second-order valence-corrected chi connectivity index (χ2v) is 4.18. The Morgan fingerprint density at radius 1 is 1.29 bits per heavy atom. The number of halogens is 1. The molecule has 17 heavy (non-hydrogen) atoms. The maximum atomic E-state index is 6.06. The van der Waals surface area contributed by atoms with Crippen LogP contribution in [0.1, 0.15) is 5.56 Å². The largest absolute Gasteiger partial charge is 0.399 e. The van der Waals surface area contributed by atoms with E-state index in [-0.39, 0.29) is 0 Å². The fourth-order valence-electron chi connectivity index (χ4n) is 1.56. The molecule has 1 aromatic carbocycles. The highest BCUT2D eigenvalue weighted by molar-refractivity contribution is 6.33. The van der Waals surface area contributed by atoms with Crippen LogP contribution < -0.4 is 11.1 Å². The predicted molar refractivity (Wildman–Crippen MR) is 72.3 cm³/mol. The van der Waals surface area contributed by atoms with E-state index in [1.165, 1.54) is 5.56 Å². The van der Waals surface area contributed by atoms with Gasteiger partial charge in [0.05, 0.1) is 10.7 Å². The van der Waals surface area contributed by atoms with E-state index in [1.54, 1.807) is 12.3 Å². The lowest BCUT2D eigenvalue weighted by atomic mass is 10.2. The molecule has 0 fully saturated rings. The number of nitrogens with two attached hydrogens (primary N) is 1. The number of rotatable bonds is 4. The van der Waals surface area contributed by atoms with Gasteiger partial charge in [0.25, 0.3) is 0 Å². The minimum atomic E-state index is 0.649. The van der Waals surface area contributed by atoms with Crippen LogP contribution in [0.5, 0.6) is 0 Å². The van der Waals surface area contributed by atoms with Gasteiger partial charge in [-0.3, -0.25) is 4.98 Å². The first kappa shape index (κ1) is 11.7.